The molecule has 0 radical (unpaired) electrons. The Morgan fingerprint density at radius 3 is 2.40 bits per heavy atom. The molecule has 0 spiro atoms. The minimum atomic E-state index is -0.422. The van der Waals surface area contributed by atoms with Gasteiger partial charge in [-0.3, -0.25) is 4.79 Å². The molecule has 0 bridgehead atoms. The van der Waals surface area contributed by atoms with Gasteiger partial charge in [-0.25, -0.2) is 0 Å². The van der Waals surface area contributed by atoms with E-state index in [2.05, 4.69) is 17.4 Å². The van der Waals surface area contributed by atoms with Crippen LogP contribution in [0, 0.1) is 0 Å². The molecule has 15 heavy (non-hydrogen) atoms. The minimum absolute atomic E-state index is 0.0622. The molecule has 1 amide bonds. The van der Waals surface area contributed by atoms with Gasteiger partial charge in [-0.05, 0) is 30.9 Å². The fourth-order valence-electron chi connectivity index (χ4n) is 1.99. The highest BCUT2D eigenvalue weighted by Crippen LogP contribution is 2.21. The highest BCUT2D eigenvalue weighted by molar-refractivity contribution is 5.81. The summed E-state index contributed by atoms with van der Waals surface area (Å²) >= 11 is 0. The van der Waals surface area contributed by atoms with Gasteiger partial charge in [0.15, 0.2) is 0 Å². The number of fused-ring (bicyclic) bond motifs is 1. The molecule has 0 unspecified atom stereocenters. The van der Waals surface area contributed by atoms with Gasteiger partial charge in [-0.1, -0.05) is 24.3 Å². The Bertz CT molecular complexity index is 349. The van der Waals surface area contributed by atoms with Gasteiger partial charge in [-0.15, -0.1) is 0 Å². The van der Waals surface area contributed by atoms with Crippen LogP contribution in [0.25, 0.3) is 0 Å². The van der Waals surface area contributed by atoms with Crippen LogP contribution in [0.15, 0.2) is 24.3 Å². The molecule has 3 N–H and O–H groups in total. The van der Waals surface area contributed by atoms with Crippen molar-refractivity contribution in [3.63, 3.8) is 0 Å². The maximum absolute atomic E-state index is 11.4. The highest BCUT2D eigenvalue weighted by atomic mass is 16.2. The molecule has 0 aliphatic heterocycles. The van der Waals surface area contributed by atoms with Crippen LogP contribution < -0.4 is 11.1 Å². The largest absolute Gasteiger partial charge is 0.351 e. The van der Waals surface area contributed by atoms with E-state index in [4.69, 9.17) is 5.73 Å². The summed E-state index contributed by atoms with van der Waals surface area (Å²) in [5, 5.41) is 2.96. The normalized spacial score (nSPS) is 17.2. The third-order valence-corrected chi connectivity index (χ3v) is 2.81. The number of amides is 1. The second kappa shape index (κ2) is 4.03. The first kappa shape index (κ1) is 10.2. The van der Waals surface area contributed by atoms with Crippen LogP contribution in [0.1, 0.15) is 18.1 Å². The van der Waals surface area contributed by atoms with E-state index in [1.54, 1.807) is 6.92 Å². The summed E-state index contributed by atoms with van der Waals surface area (Å²) in [6.07, 6.45) is 1.85. The predicted octanol–water partition coefficient (Wildman–Crippen LogP) is 0.617. The Morgan fingerprint density at radius 1 is 1.40 bits per heavy atom. The lowest BCUT2D eigenvalue weighted by molar-refractivity contribution is -0.122. The van der Waals surface area contributed by atoms with Gasteiger partial charge in [0.05, 0.1) is 6.04 Å². The quantitative estimate of drug-likeness (QED) is 0.742. The fourth-order valence-corrected chi connectivity index (χ4v) is 1.99. The lowest BCUT2D eigenvalue weighted by Crippen LogP contribution is -2.44. The Balaban J connectivity index is 1.99. The van der Waals surface area contributed by atoms with E-state index < -0.39 is 6.04 Å². The van der Waals surface area contributed by atoms with Gasteiger partial charge < -0.3 is 11.1 Å². The third-order valence-electron chi connectivity index (χ3n) is 2.81. The zero-order chi connectivity index (χ0) is 10.8. The lowest BCUT2D eigenvalue weighted by Gasteiger charge is -2.13. The van der Waals surface area contributed by atoms with Crippen LogP contribution >= 0.6 is 0 Å². The Morgan fingerprint density at radius 2 is 1.93 bits per heavy atom. The number of hydrogen-bond donors (Lipinski definition) is 2. The van der Waals surface area contributed by atoms with Crippen molar-refractivity contribution < 1.29 is 4.79 Å². The molecule has 3 nitrogen and oxygen atoms in total. The van der Waals surface area contributed by atoms with E-state index in [1.165, 1.54) is 11.1 Å². The molecule has 2 rings (SSSR count). The highest BCUT2D eigenvalue weighted by Gasteiger charge is 2.22. The number of nitrogens with one attached hydrogen (secondary N) is 1. The maximum atomic E-state index is 11.4. The van der Waals surface area contributed by atoms with Crippen LogP contribution in [-0.4, -0.2) is 18.0 Å². The zero-order valence-corrected chi connectivity index (χ0v) is 8.86. The van der Waals surface area contributed by atoms with Crippen LogP contribution in [0.3, 0.4) is 0 Å². The van der Waals surface area contributed by atoms with Crippen molar-refractivity contribution in [1.82, 2.24) is 5.32 Å². The first-order valence-corrected chi connectivity index (χ1v) is 5.29. The van der Waals surface area contributed by atoms with Crippen molar-refractivity contribution >= 4 is 5.91 Å². The average molecular weight is 204 g/mol. The second-order valence-electron chi connectivity index (χ2n) is 4.17. The Labute approximate surface area is 89.7 Å². The smallest absolute Gasteiger partial charge is 0.236 e. The van der Waals surface area contributed by atoms with Crippen molar-refractivity contribution in [3.8, 4) is 0 Å². The van der Waals surface area contributed by atoms with E-state index in [0.717, 1.165) is 12.8 Å². The molecule has 0 fully saturated rings. The summed E-state index contributed by atoms with van der Waals surface area (Å²) in [4.78, 5) is 11.4. The second-order valence-corrected chi connectivity index (χ2v) is 4.17. The summed E-state index contributed by atoms with van der Waals surface area (Å²) in [6, 6.07) is 8.11. The standard InChI is InChI=1S/C12H16N2O/c1-8(13)12(15)14-11-6-9-4-2-3-5-10(9)7-11/h2-5,8,11H,6-7,13H2,1H3,(H,14,15)/t8-/m0/s1. The van der Waals surface area contributed by atoms with Gasteiger partial charge in [0, 0.05) is 6.04 Å². The molecule has 1 atom stereocenters. The molecule has 3 heteroatoms. The predicted molar refractivity (Wildman–Crippen MR) is 59.4 cm³/mol. The third kappa shape index (κ3) is 2.18. The summed E-state index contributed by atoms with van der Waals surface area (Å²) in [7, 11) is 0. The molecule has 1 aromatic carbocycles. The van der Waals surface area contributed by atoms with Gasteiger partial charge in [0.2, 0.25) is 5.91 Å². The molecule has 0 heterocycles. The van der Waals surface area contributed by atoms with E-state index in [0.29, 0.717) is 0 Å². The van der Waals surface area contributed by atoms with Gasteiger partial charge >= 0.3 is 0 Å². The van der Waals surface area contributed by atoms with Crippen LogP contribution in [0.4, 0.5) is 0 Å². The molecule has 80 valence electrons. The van der Waals surface area contributed by atoms with Gasteiger partial charge in [-0.2, -0.15) is 0 Å². The van der Waals surface area contributed by atoms with E-state index >= 15 is 0 Å². The van der Waals surface area contributed by atoms with Crippen molar-refractivity contribution in [2.75, 3.05) is 0 Å². The SMILES string of the molecule is C[C@H](N)C(=O)NC1Cc2ccccc2C1. The minimum Gasteiger partial charge on any atom is -0.351 e. The van der Waals surface area contributed by atoms with Crippen molar-refractivity contribution in [1.29, 1.82) is 0 Å². The number of nitrogens with two attached hydrogens (primary N) is 1. The Hall–Kier alpha value is -1.35. The number of benzene rings is 1. The first-order valence-electron chi connectivity index (χ1n) is 5.29. The van der Waals surface area contributed by atoms with E-state index in [1.807, 2.05) is 12.1 Å². The average Bonchev–Trinajstić information content (AvgIpc) is 2.59. The summed E-state index contributed by atoms with van der Waals surface area (Å²) in [6.45, 7) is 1.71. The van der Waals surface area contributed by atoms with Gasteiger partial charge in [0.25, 0.3) is 0 Å². The van der Waals surface area contributed by atoms with E-state index in [9.17, 15) is 4.79 Å². The molecular weight excluding hydrogens is 188 g/mol. The summed E-state index contributed by atoms with van der Waals surface area (Å²) < 4.78 is 0. The fraction of sp³-hybridized carbons (Fsp3) is 0.417. The number of hydrogen-bond acceptors (Lipinski definition) is 2. The molecular formula is C12H16N2O. The molecule has 1 aromatic rings. The van der Waals surface area contributed by atoms with Crippen LogP contribution in [0.5, 0.6) is 0 Å². The molecule has 1 aliphatic rings. The first-order chi connectivity index (χ1) is 7.16. The number of carbonyl (C=O) groups excluding carboxylic acids is 1. The lowest BCUT2D eigenvalue weighted by atomic mass is 10.1. The molecule has 0 saturated carbocycles. The number of carbonyl (C=O) groups is 1. The van der Waals surface area contributed by atoms with E-state index in [-0.39, 0.29) is 11.9 Å². The summed E-state index contributed by atoms with van der Waals surface area (Å²) in [5.41, 5.74) is 8.19. The maximum Gasteiger partial charge on any atom is 0.236 e. The molecule has 0 aromatic heterocycles. The van der Waals surface area contributed by atoms with Crippen molar-refractivity contribution in [2.24, 2.45) is 5.73 Å². The van der Waals surface area contributed by atoms with Crippen molar-refractivity contribution in [3.05, 3.63) is 35.4 Å². The molecule has 0 saturated heterocycles. The molecule has 1 aliphatic carbocycles. The zero-order valence-electron chi connectivity index (χ0n) is 8.86. The van der Waals surface area contributed by atoms with Crippen LogP contribution in [-0.2, 0) is 17.6 Å². The Kier molecular flexibility index (Phi) is 2.73. The monoisotopic (exact) mass is 204 g/mol. The van der Waals surface area contributed by atoms with Gasteiger partial charge in [0.1, 0.15) is 0 Å². The van der Waals surface area contributed by atoms with Crippen molar-refractivity contribution in [2.45, 2.75) is 31.8 Å². The van der Waals surface area contributed by atoms with Crippen LogP contribution in [0.2, 0.25) is 0 Å². The number of rotatable bonds is 2. The topological polar surface area (TPSA) is 55.1 Å². The summed E-state index contributed by atoms with van der Waals surface area (Å²) in [5.74, 6) is -0.0622.